The Kier molecular flexibility index (Phi) is 8.49. The summed E-state index contributed by atoms with van der Waals surface area (Å²) in [4.78, 5) is 19.3. The molecule has 2 saturated heterocycles. The molecule has 2 aromatic rings. The highest BCUT2D eigenvalue weighted by Gasteiger charge is 2.38. The van der Waals surface area contributed by atoms with Gasteiger partial charge in [-0.05, 0) is 36.6 Å². The molecule has 9 heteroatoms. The largest absolute Gasteiger partial charge is 0.416 e. The van der Waals surface area contributed by atoms with Crippen LogP contribution in [0.5, 0.6) is 0 Å². The summed E-state index contributed by atoms with van der Waals surface area (Å²) in [6, 6.07) is 15.7. The normalized spacial score (nSPS) is 18.9. The Balaban J connectivity index is 0.00000324. The number of halogens is 4. The van der Waals surface area contributed by atoms with Gasteiger partial charge in [0.15, 0.2) is 0 Å². The molecule has 0 aromatic heterocycles. The van der Waals surface area contributed by atoms with Gasteiger partial charge >= 0.3 is 6.18 Å². The van der Waals surface area contributed by atoms with Crippen LogP contribution in [0.1, 0.15) is 24.0 Å². The van der Waals surface area contributed by atoms with Gasteiger partial charge in [-0.15, -0.1) is 12.4 Å². The maximum absolute atomic E-state index is 13.2. The number of benzene rings is 2. The number of anilines is 1. The zero-order chi connectivity index (χ0) is 23.5. The van der Waals surface area contributed by atoms with E-state index in [1.165, 1.54) is 17.8 Å². The van der Waals surface area contributed by atoms with Crippen molar-refractivity contribution in [1.82, 2.24) is 9.80 Å². The Bertz CT molecular complexity index is 941. The molecule has 4 rings (SSSR count). The molecule has 2 aliphatic heterocycles. The van der Waals surface area contributed by atoms with Crippen molar-refractivity contribution < 1.29 is 18.0 Å². The number of amides is 1. The number of hydrogen-bond acceptors (Lipinski definition) is 4. The van der Waals surface area contributed by atoms with Gasteiger partial charge in [0.05, 0.1) is 12.1 Å². The Morgan fingerprint density at radius 3 is 2.15 bits per heavy atom. The van der Waals surface area contributed by atoms with Crippen molar-refractivity contribution in [3.05, 3.63) is 65.7 Å². The third-order valence-electron chi connectivity index (χ3n) is 7.12. The van der Waals surface area contributed by atoms with Crippen LogP contribution in [0.2, 0.25) is 0 Å². The van der Waals surface area contributed by atoms with E-state index in [4.69, 9.17) is 5.73 Å². The topological polar surface area (TPSA) is 52.8 Å². The van der Waals surface area contributed by atoms with Gasteiger partial charge in [0.25, 0.3) is 0 Å². The second-order valence-corrected chi connectivity index (χ2v) is 9.04. The van der Waals surface area contributed by atoms with E-state index >= 15 is 0 Å². The summed E-state index contributed by atoms with van der Waals surface area (Å²) in [5.41, 5.74) is 6.70. The van der Waals surface area contributed by atoms with Crippen molar-refractivity contribution in [3.8, 4) is 0 Å². The van der Waals surface area contributed by atoms with E-state index in [2.05, 4.69) is 21.9 Å². The summed E-state index contributed by atoms with van der Waals surface area (Å²) in [5.74, 6) is 0.0813. The first kappa shape index (κ1) is 26.3. The maximum atomic E-state index is 13.2. The molecule has 0 unspecified atom stereocenters. The summed E-state index contributed by atoms with van der Waals surface area (Å²) in [7, 11) is 0. The number of likely N-dealkylation sites (tertiary alicyclic amines) is 1. The monoisotopic (exact) mass is 496 g/mol. The van der Waals surface area contributed by atoms with Gasteiger partial charge in [-0.3, -0.25) is 9.69 Å². The molecule has 5 nitrogen and oxygen atoms in total. The summed E-state index contributed by atoms with van der Waals surface area (Å²) >= 11 is 0. The van der Waals surface area contributed by atoms with Crippen LogP contribution in [0.4, 0.5) is 18.9 Å². The number of carbonyl (C=O) groups excluding carboxylic acids is 1. The molecule has 0 aliphatic carbocycles. The fourth-order valence-corrected chi connectivity index (χ4v) is 4.91. The van der Waals surface area contributed by atoms with E-state index in [0.29, 0.717) is 38.0 Å². The molecule has 0 atom stereocenters. The van der Waals surface area contributed by atoms with E-state index in [1.807, 2.05) is 23.1 Å². The maximum Gasteiger partial charge on any atom is 0.416 e. The number of nitrogens with two attached hydrogens (primary N) is 1. The fraction of sp³-hybridized carbons (Fsp3) is 0.480. The van der Waals surface area contributed by atoms with Crippen molar-refractivity contribution in [1.29, 1.82) is 0 Å². The quantitative estimate of drug-likeness (QED) is 0.684. The Hall–Kier alpha value is -2.29. The molecule has 186 valence electrons. The minimum Gasteiger partial charge on any atom is -0.369 e. The summed E-state index contributed by atoms with van der Waals surface area (Å²) in [5, 5.41) is 0. The number of alkyl halides is 3. The second-order valence-electron chi connectivity index (χ2n) is 9.04. The van der Waals surface area contributed by atoms with Gasteiger partial charge in [-0.1, -0.05) is 36.4 Å². The molecule has 2 aliphatic rings. The molecule has 2 heterocycles. The zero-order valence-corrected chi connectivity index (χ0v) is 20.0. The van der Waals surface area contributed by atoms with Crippen LogP contribution in [0.15, 0.2) is 54.6 Å². The first-order chi connectivity index (χ1) is 15.8. The number of nitrogens with zero attached hydrogens (tertiary/aromatic N) is 3. The van der Waals surface area contributed by atoms with Gasteiger partial charge in [0.2, 0.25) is 5.91 Å². The lowest BCUT2D eigenvalue weighted by Crippen LogP contribution is -2.53. The first-order valence-electron chi connectivity index (χ1n) is 11.5. The lowest BCUT2D eigenvalue weighted by molar-refractivity contribution is -0.137. The molecule has 0 saturated carbocycles. The lowest BCUT2D eigenvalue weighted by atomic mass is 9.72. The van der Waals surface area contributed by atoms with Crippen LogP contribution in [-0.2, 0) is 16.4 Å². The third kappa shape index (κ3) is 5.85. The first-order valence-corrected chi connectivity index (χ1v) is 11.5. The van der Waals surface area contributed by atoms with Crippen molar-refractivity contribution in [3.63, 3.8) is 0 Å². The number of para-hydroxylation sites is 1. The summed E-state index contributed by atoms with van der Waals surface area (Å²) in [6.07, 6.45) is -3.25. The Labute approximate surface area is 205 Å². The molecule has 2 aromatic carbocycles. The molecular weight excluding hydrogens is 465 g/mol. The van der Waals surface area contributed by atoms with Gasteiger partial charge in [0.1, 0.15) is 0 Å². The molecule has 2 fully saturated rings. The zero-order valence-electron chi connectivity index (χ0n) is 19.1. The van der Waals surface area contributed by atoms with E-state index in [-0.39, 0.29) is 24.9 Å². The average Bonchev–Trinajstić information content (AvgIpc) is 2.84. The van der Waals surface area contributed by atoms with E-state index in [9.17, 15) is 18.0 Å². The average molecular weight is 497 g/mol. The fourth-order valence-electron chi connectivity index (χ4n) is 4.91. The molecule has 0 spiro atoms. The van der Waals surface area contributed by atoms with Gasteiger partial charge < -0.3 is 15.5 Å². The second kappa shape index (κ2) is 11.0. The summed E-state index contributed by atoms with van der Waals surface area (Å²) in [6.45, 7) is 5.06. The Morgan fingerprint density at radius 1 is 0.912 bits per heavy atom. The van der Waals surface area contributed by atoms with Gasteiger partial charge in [-0.2, -0.15) is 13.2 Å². The highest BCUT2D eigenvalue weighted by atomic mass is 35.5. The van der Waals surface area contributed by atoms with E-state index in [1.54, 1.807) is 6.07 Å². The number of piperidine rings is 1. The predicted molar refractivity (Wildman–Crippen MR) is 130 cm³/mol. The van der Waals surface area contributed by atoms with Crippen molar-refractivity contribution in [2.75, 3.05) is 57.3 Å². The Morgan fingerprint density at radius 2 is 1.56 bits per heavy atom. The molecule has 34 heavy (non-hydrogen) atoms. The highest BCUT2D eigenvalue weighted by Crippen LogP contribution is 2.38. The van der Waals surface area contributed by atoms with E-state index < -0.39 is 17.2 Å². The van der Waals surface area contributed by atoms with Crippen LogP contribution >= 0.6 is 12.4 Å². The van der Waals surface area contributed by atoms with Gasteiger partial charge in [-0.25, -0.2) is 0 Å². The molecule has 0 radical (unpaired) electrons. The smallest absolute Gasteiger partial charge is 0.369 e. The van der Waals surface area contributed by atoms with Crippen molar-refractivity contribution >= 4 is 24.0 Å². The van der Waals surface area contributed by atoms with Crippen LogP contribution in [0, 0.1) is 0 Å². The lowest BCUT2D eigenvalue weighted by Gasteiger charge is -2.43. The summed E-state index contributed by atoms with van der Waals surface area (Å²) < 4.78 is 39.5. The van der Waals surface area contributed by atoms with Crippen molar-refractivity contribution in [2.24, 2.45) is 5.73 Å². The molecule has 1 amide bonds. The van der Waals surface area contributed by atoms with E-state index in [0.717, 1.165) is 32.2 Å². The molecule has 0 bridgehead atoms. The number of carbonyl (C=O) groups is 1. The number of piperazine rings is 1. The third-order valence-corrected chi connectivity index (χ3v) is 7.12. The standard InChI is InChI=1S/C25H31F3N4O.ClH/c26-25(27,28)21-6-4-5-20(17-21)24(19-29)9-11-32(12-10-24)23(33)18-30-13-15-31(16-14-30)22-7-2-1-3-8-22;/h1-8,17H,9-16,18-19,29H2;1H. The SMILES string of the molecule is Cl.NCC1(c2cccc(C(F)(F)F)c2)CCN(C(=O)CN2CCN(c3ccccc3)CC2)CC1. The van der Waals surface area contributed by atoms with Crippen LogP contribution in [0.25, 0.3) is 0 Å². The predicted octanol–water partition coefficient (Wildman–Crippen LogP) is 3.77. The van der Waals surface area contributed by atoms with Crippen LogP contribution < -0.4 is 10.6 Å². The highest BCUT2D eigenvalue weighted by molar-refractivity contribution is 5.85. The minimum absolute atomic E-state index is 0. The number of rotatable bonds is 5. The molecular formula is C25H32ClF3N4O. The number of hydrogen-bond donors (Lipinski definition) is 1. The van der Waals surface area contributed by atoms with Crippen molar-refractivity contribution in [2.45, 2.75) is 24.4 Å². The molecule has 2 N–H and O–H groups in total. The minimum atomic E-state index is -4.38. The van der Waals surface area contributed by atoms with Crippen LogP contribution in [-0.4, -0.2) is 68.1 Å². The van der Waals surface area contributed by atoms with Gasteiger partial charge in [0, 0.05) is 56.9 Å². The van der Waals surface area contributed by atoms with Crippen LogP contribution in [0.3, 0.4) is 0 Å².